The van der Waals surface area contributed by atoms with Crippen molar-refractivity contribution >= 4 is 21.6 Å². The molecule has 1 aliphatic rings. The number of hydrogen-bond donors (Lipinski definition) is 1. The number of sulfonamides is 1. The molecule has 1 atom stereocenters. The van der Waals surface area contributed by atoms with Gasteiger partial charge in [-0.2, -0.15) is 0 Å². The summed E-state index contributed by atoms with van der Waals surface area (Å²) >= 11 is 0. The smallest absolute Gasteiger partial charge is 0.241 e. The lowest BCUT2D eigenvalue weighted by atomic mass is 9.89. The van der Waals surface area contributed by atoms with E-state index in [0.717, 1.165) is 33.0 Å². The summed E-state index contributed by atoms with van der Waals surface area (Å²) in [4.78, 5) is 12.9. The molecule has 0 saturated carbocycles. The maximum Gasteiger partial charge on any atom is 0.241 e. The number of amides is 1. The van der Waals surface area contributed by atoms with Crippen LogP contribution in [0.1, 0.15) is 43.0 Å². The molecule has 2 aromatic carbocycles. The van der Waals surface area contributed by atoms with Crippen LogP contribution < -0.4 is 14.4 Å². The minimum Gasteiger partial charge on any atom is -0.487 e. The number of aryl methyl sites for hydroxylation is 2. The SMILES string of the molecule is Cc1ccc(N(CC(=O)N[C@H]2CC(C)(C)Oc3ccccc32)S(C)(=O)=O)c(C)c1. The van der Waals surface area contributed by atoms with Crippen LogP contribution >= 0.6 is 0 Å². The topological polar surface area (TPSA) is 75.7 Å². The minimum absolute atomic E-state index is 0.247. The third-order valence-corrected chi connectivity index (χ3v) is 6.15. The highest BCUT2D eigenvalue weighted by Gasteiger charge is 2.35. The monoisotopic (exact) mass is 416 g/mol. The van der Waals surface area contributed by atoms with Gasteiger partial charge in [0, 0.05) is 12.0 Å². The van der Waals surface area contributed by atoms with Crippen LogP contribution in [0.5, 0.6) is 5.75 Å². The molecular weight excluding hydrogens is 388 g/mol. The van der Waals surface area contributed by atoms with Gasteiger partial charge >= 0.3 is 0 Å². The second-order valence-electron chi connectivity index (χ2n) is 8.28. The van der Waals surface area contributed by atoms with Gasteiger partial charge in [-0.15, -0.1) is 0 Å². The number of anilines is 1. The standard InChI is InChI=1S/C22H28N2O4S/c1-15-10-11-19(16(2)12-15)24(29(5,26)27)14-21(25)23-18-13-22(3,4)28-20-9-7-6-8-17(18)20/h6-12,18H,13-14H2,1-5H3,(H,23,25)/t18-/m0/s1. The Labute approximate surface area is 172 Å². The fourth-order valence-electron chi connectivity index (χ4n) is 3.77. The van der Waals surface area contributed by atoms with Gasteiger partial charge in [-0.1, -0.05) is 35.9 Å². The van der Waals surface area contributed by atoms with E-state index in [9.17, 15) is 13.2 Å². The molecule has 0 bridgehead atoms. The average Bonchev–Trinajstić information content (AvgIpc) is 2.58. The number of fused-ring (bicyclic) bond motifs is 1. The summed E-state index contributed by atoms with van der Waals surface area (Å²) in [7, 11) is -3.62. The first-order chi connectivity index (χ1) is 13.5. The summed E-state index contributed by atoms with van der Waals surface area (Å²) in [5.74, 6) is 0.385. The zero-order chi connectivity index (χ0) is 21.4. The van der Waals surface area contributed by atoms with E-state index in [2.05, 4.69) is 5.32 Å². The van der Waals surface area contributed by atoms with Crippen molar-refractivity contribution in [3.63, 3.8) is 0 Å². The zero-order valence-electron chi connectivity index (χ0n) is 17.5. The van der Waals surface area contributed by atoms with Crippen molar-refractivity contribution in [2.75, 3.05) is 17.1 Å². The van der Waals surface area contributed by atoms with Gasteiger partial charge in [0.15, 0.2) is 0 Å². The normalized spacial score (nSPS) is 17.8. The van der Waals surface area contributed by atoms with Crippen molar-refractivity contribution in [2.24, 2.45) is 0 Å². The number of nitrogens with one attached hydrogen (secondary N) is 1. The lowest BCUT2D eigenvalue weighted by molar-refractivity contribution is -0.120. The van der Waals surface area contributed by atoms with Crippen LogP contribution in [0.2, 0.25) is 0 Å². The lowest BCUT2D eigenvalue weighted by Crippen LogP contribution is -2.45. The van der Waals surface area contributed by atoms with Crippen molar-refractivity contribution in [1.29, 1.82) is 0 Å². The van der Waals surface area contributed by atoms with Gasteiger partial charge in [-0.3, -0.25) is 9.10 Å². The van der Waals surface area contributed by atoms with Gasteiger partial charge in [0.25, 0.3) is 0 Å². The van der Waals surface area contributed by atoms with Crippen molar-refractivity contribution in [3.05, 3.63) is 59.2 Å². The maximum absolute atomic E-state index is 12.9. The van der Waals surface area contributed by atoms with E-state index in [1.807, 2.05) is 64.1 Å². The van der Waals surface area contributed by atoms with Crippen LogP contribution in [0.4, 0.5) is 5.69 Å². The van der Waals surface area contributed by atoms with E-state index in [4.69, 9.17) is 4.74 Å². The van der Waals surface area contributed by atoms with Gasteiger partial charge < -0.3 is 10.1 Å². The Morgan fingerprint density at radius 3 is 2.55 bits per heavy atom. The van der Waals surface area contributed by atoms with Gasteiger partial charge in [-0.05, 0) is 45.4 Å². The van der Waals surface area contributed by atoms with Crippen molar-refractivity contribution in [2.45, 2.75) is 45.8 Å². The highest BCUT2D eigenvalue weighted by Crippen LogP contribution is 2.39. The summed E-state index contributed by atoms with van der Waals surface area (Å²) in [6.45, 7) is 7.46. The highest BCUT2D eigenvalue weighted by atomic mass is 32.2. The predicted octanol–water partition coefficient (Wildman–Crippen LogP) is 3.49. The van der Waals surface area contributed by atoms with E-state index in [-0.39, 0.29) is 18.5 Å². The molecule has 6 nitrogen and oxygen atoms in total. The zero-order valence-corrected chi connectivity index (χ0v) is 18.3. The van der Waals surface area contributed by atoms with E-state index in [0.29, 0.717) is 12.1 Å². The van der Waals surface area contributed by atoms with E-state index in [1.165, 1.54) is 0 Å². The number of para-hydroxylation sites is 1. The fourth-order valence-corrected chi connectivity index (χ4v) is 4.68. The molecule has 1 amide bonds. The first-order valence-electron chi connectivity index (χ1n) is 9.58. The van der Waals surface area contributed by atoms with Crippen LogP contribution in [0.3, 0.4) is 0 Å². The van der Waals surface area contributed by atoms with Crippen LogP contribution in [0.25, 0.3) is 0 Å². The van der Waals surface area contributed by atoms with Crippen molar-refractivity contribution < 1.29 is 17.9 Å². The van der Waals surface area contributed by atoms with Crippen molar-refractivity contribution in [3.8, 4) is 5.75 Å². The highest BCUT2D eigenvalue weighted by molar-refractivity contribution is 7.92. The summed E-state index contributed by atoms with van der Waals surface area (Å²) in [6, 6.07) is 12.8. The molecule has 0 radical (unpaired) electrons. The molecule has 0 aliphatic carbocycles. The lowest BCUT2D eigenvalue weighted by Gasteiger charge is -2.38. The second kappa shape index (κ2) is 7.71. The molecule has 0 aromatic heterocycles. The van der Waals surface area contributed by atoms with Crippen LogP contribution in [0.15, 0.2) is 42.5 Å². The fraction of sp³-hybridized carbons (Fsp3) is 0.409. The first-order valence-corrected chi connectivity index (χ1v) is 11.4. The quantitative estimate of drug-likeness (QED) is 0.810. The molecule has 3 rings (SSSR count). The number of nitrogens with zero attached hydrogens (tertiary/aromatic N) is 1. The van der Waals surface area contributed by atoms with E-state index < -0.39 is 15.6 Å². The largest absolute Gasteiger partial charge is 0.487 e. The van der Waals surface area contributed by atoms with Crippen LogP contribution in [-0.2, 0) is 14.8 Å². The Bertz CT molecular complexity index is 1030. The second-order valence-corrected chi connectivity index (χ2v) is 10.2. The molecule has 0 unspecified atom stereocenters. The summed E-state index contributed by atoms with van der Waals surface area (Å²) in [5.41, 5.74) is 2.82. The number of carbonyl (C=O) groups is 1. The van der Waals surface area contributed by atoms with E-state index >= 15 is 0 Å². The number of carbonyl (C=O) groups excluding carboxylic acids is 1. The molecule has 29 heavy (non-hydrogen) atoms. The molecule has 0 fully saturated rings. The molecule has 0 saturated heterocycles. The Balaban J connectivity index is 1.84. The van der Waals surface area contributed by atoms with Gasteiger partial charge in [0.2, 0.25) is 15.9 Å². The number of hydrogen-bond acceptors (Lipinski definition) is 4. The molecule has 156 valence electrons. The summed E-state index contributed by atoms with van der Waals surface area (Å²) in [5, 5.41) is 3.01. The Kier molecular flexibility index (Phi) is 5.63. The third kappa shape index (κ3) is 4.90. The summed E-state index contributed by atoms with van der Waals surface area (Å²) < 4.78 is 32.0. The third-order valence-electron chi connectivity index (χ3n) is 5.02. The molecule has 1 N–H and O–H groups in total. The number of ether oxygens (including phenoxy) is 1. The molecule has 1 heterocycles. The molecule has 2 aromatic rings. The molecule has 7 heteroatoms. The Morgan fingerprint density at radius 1 is 1.21 bits per heavy atom. The summed E-state index contributed by atoms with van der Waals surface area (Å²) in [6.07, 6.45) is 1.71. The number of rotatable bonds is 5. The maximum atomic E-state index is 12.9. The van der Waals surface area contributed by atoms with Gasteiger partial charge in [0.1, 0.15) is 17.9 Å². The minimum atomic E-state index is -3.62. The number of benzene rings is 2. The first kappa shape index (κ1) is 21.2. The molecular formula is C22H28N2O4S. The van der Waals surface area contributed by atoms with Gasteiger partial charge in [-0.25, -0.2) is 8.42 Å². The average molecular weight is 417 g/mol. The Hall–Kier alpha value is -2.54. The molecule has 1 aliphatic heterocycles. The van der Waals surface area contributed by atoms with Gasteiger partial charge in [0.05, 0.1) is 18.0 Å². The van der Waals surface area contributed by atoms with Crippen LogP contribution in [0, 0.1) is 13.8 Å². The molecule has 0 spiro atoms. The van der Waals surface area contributed by atoms with E-state index in [1.54, 1.807) is 6.07 Å². The Morgan fingerprint density at radius 2 is 1.90 bits per heavy atom. The predicted molar refractivity (Wildman–Crippen MR) is 115 cm³/mol. The van der Waals surface area contributed by atoms with Crippen LogP contribution in [-0.4, -0.2) is 32.7 Å². The van der Waals surface area contributed by atoms with Crippen molar-refractivity contribution in [1.82, 2.24) is 5.32 Å².